The summed E-state index contributed by atoms with van der Waals surface area (Å²) in [5, 5.41) is 16.8. The number of nitrogens with two attached hydrogens (primary N) is 1. The van der Waals surface area contributed by atoms with E-state index in [2.05, 4.69) is 21.7 Å². The van der Waals surface area contributed by atoms with E-state index in [4.69, 9.17) is 11.0 Å². The zero-order valence-corrected chi connectivity index (χ0v) is 18.4. The lowest BCUT2D eigenvalue weighted by molar-refractivity contribution is -0.118. The summed E-state index contributed by atoms with van der Waals surface area (Å²) in [5.74, 6) is 0.0614. The fraction of sp³-hybridized carbons (Fsp3) is 0.182. The number of thioether (sulfide) groups is 1. The van der Waals surface area contributed by atoms with Gasteiger partial charge in [-0.3, -0.25) is 9.59 Å². The van der Waals surface area contributed by atoms with E-state index in [0.29, 0.717) is 39.8 Å². The second-order valence-corrected chi connectivity index (χ2v) is 8.49. The third-order valence-corrected chi connectivity index (χ3v) is 5.85. The maximum Gasteiger partial charge on any atom is 0.251 e. The Hall–Kier alpha value is -3.35. The van der Waals surface area contributed by atoms with Crippen molar-refractivity contribution in [3.05, 3.63) is 65.0 Å². The quantitative estimate of drug-likeness (QED) is 0.449. The van der Waals surface area contributed by atoms with Crippen LogP contribution in [0.15, 0.2) is 53.9 Å². The molecular weight excluding hydrogens is 430 g/mol. The van der Waals surface area contributed by atoms with Gasteiger partial charge in [0, 0.05) is 22.2 Å². The van der Waals surface area contributed by atoms with E-state index in [1.165, 1.54) is 11.3 Å². The molecule has 2 amide bonds. The Kier molecular flexibility index (Phi) is 7.65. The molecule has 0 spiro atoms. The fourth-order valence-corrected chi connectivity index (χ4v) is 3.95. The molecule has 2 aromatic carbocycles. The van der Waals surface area contributed by atoms with Crippen molar-refractivity contribution in [2.45, 2.75) is 12.5 Å². The number of thiazole rings is 1. The van der Waals surface area contributed by atoms with Crippen molar-refractivity contribution in [2.24, 2.45) is 0 Å². The number of nitrogen functional groups attached to an aromatic ring is 1. The van der Waals surface area contributed by atoms with E-state index in [1.54, 1.807) is 48.2 Å². The van der Waals surface area contributed by atoms with Gasteiger partial charge in [0.15, 0.2) is 5.13 Å². The molecule has 0 aliphatic heterocycles. The number of hydrogen-bond acceptors (Lipinski definition) is 7. The summed E-state index contributed by atoms with van der Waals surface area (Å²) in [6.07, 6.45) is 2.43. The first-order chi connectivity index (χ1) is 15.0. The largest absolute Gasteiger partial charge is 0.399 e. The topological polar surface area (TPSA) is 121 Å². The van der Waals surface area contributed by atoms with Gasteiger partial charge in [0.2, 0.25) is 5.91 Å². The second kappa shape index (κ2) is 10.6. The molecule has 31 heavy (non-hydrogen) atoms. The first kappa shape index (κ1) is 22.3. The number of anilines is 2. The molecule has 4 N–H and O–H groups in total. The molecule has 0 radical (unpaired) electrons. The van der Waals surface area contributed by atoms with Gasteiger partial charge >= 0.3 is 0 Å². The van der Waals surface area contributed by atoms with Crippen LogP contribution in [0.4, 0.5) is 10.8 Å². The molecule has 1 atom stereocenters. The molecule has 1 aromatic heterocycles. The maximum absolute atomic E-state index is 12.8. The molecule has 3 rings (SSSR count). The van der Waals surface area contributed by atoms with Gasteiger partial charge in [-0.2, -0.15) is 17.0 Å². The Morgan fingerprint density at radius 1 is 1.19 bits per heavy atom. The van der Waals surface area contributed by atoms with Crippen LogP contribution in [0.25, 0.3) is 11.3 Å². The lowest BCUT2D eigenvalue weighted by Gasteiger charge is -2.17. The number of amides is 2. The van der Waals surface area contributed by atoms with Gasteiger partial charge in [-0.15, -0.1) is 11.3 Å². The molecule has 0 aliphatic carbocycles. The normalized spacial score (nSPS) is 11.4. The number of benzene rings is 2. The zero-order chi connectivity index (χ0) is 22.2. The Bertz CT molecular complexity index is 1090. The van der Waals surface area contributed by atoms with Gasteiger partial charge in [-0.05, 0) is 54.8 Å². The second-order valence-electron chi connectivity index (χ2n) is 6.65. The minimum atomic E-state index is -0.695. The van der Waals surface area contributed by atoms with Crippen molar-refractivity contribution in [3.8, 4) is 17.3 Å². The molecule has 0 saturated heterocycles. The molecular formula is C22H21N5O2S2. The number of carbonyl (C=O) groups is 2. The summed E-state index contributed by atoms with van der Waals surface area (Å²) in [5.41, 5.74) is 8.80. The lowest BCUT2D eigenvalue weighted by Crippen LogP contribution is -2.44. The molecule has 0 unspecified atom stereocenters. The number of rotatable bonds is 8. The van der Waals surface area contributed by atoms with Crippen molar-refractivity contribution < 1.29 is 9.59 Å². The molecule has 0 fully saturated rings. The number of hydrogen-bond donors (Lipinski definition) is 3. The number of nitrogens with zero attached hydrogens (tertiary/aromatic N) is 2. The third kappa shape index (κ3) is 6.07. The standard InChI is InChI=1S/C22H21N5O2S2/c1-30-11-10-18(25-20(28)16-6-8-17(24)9-7-16)21(29)27-22-26-19(13-31-22)15-4-2-14(12-23)3-5-15/h2-9,13,18H,10-11,24H2,1H3,(H,25,28)(H,26,27,29)/t18-/m0/s1. The summed E-state index contributed by atoms with van der Waals surface area (Å²) in [6, 6.07) is 15.0. The van der Waals surface area contributed by atoms with Gasteiger partial charge in [0.1, 0.15) is 6.04 Å². The monoisotopic (exact) mass is 451 g/mol. The number of nitriles is 1. The predicted octanol–water partition coefficient (Wildman–Crippen LogP) is 3.75. The lowest BCUT2D eigenvalue weighted by atomic mass is 10.1. The Balaban J connectivity index is 1.68. The van der Waals surface area contributed by atoms with E-state index in [0.717, 1.165) is 5.56 Å². The van der Waals surface area contributed by atoms with Crippen molar-refractivity contribution in [1.29, 1.82) is 5.26 Å². The van der Waals surface area contributed by atoms with E-state index >= 15 is 0 Å². The van der Waals surface area contributed by atoms with Crippen molar-refractivity contribution in [2.75, 3.05) is 23.1 Å². The fourth-order valence-electron chi connectivity index (χ4n) is 2.75. The minimum Gasteiger partial charge on any atom is -0.399 e. The minimum absolute atomic E-state index is 0.321. The third-order valence-electron chi connectivity index (χ3n) is 4.45. The first-order valence-corrected chi connectivity index (χ1v) is 11.7. The van der Waals surface area contributed by atoms with Crippen molar-refractivity contribution in [1.82, 2.24) is 10.3 Å². The van der Waals surface area contributed by atoms with Crippen LogP contribution >= 0.6 is 23.1 Å². The van der Waals surface area contributed by atoms with Crippen molar-refractivity contribution >= 4 is 45.7 Å². The summed E-state index contributed by atoms with van der Waals surface area (Å²) < 4.78 is 0. The van der Waals surface area contributed by atoms with E-state index in [9.17, 15) is 9.59 Å². The van der Waals surface area contributed by atoms with Gasteiger partial charge in [-0.25, -0.2) is 4.98 Å². The van der Waals surface area contributed by atoms with Crippen LogP contribution in [-0.4, -0.2) is 34.8 Å². The van der Waals surface area contributed by atoms with Crippen molar-refractivity contribution in [3.63, 3.8) is 0 Å². The van der Waals surface area contributed by atoms with Crippen LogP contribution in [-0.2, 0) is 4.79 Å². The number of carbonyl (C=O) groups excluding carboxylic acids is 2. The summed E-state index contributed by atoms with van der Waals surface area (Å²) in [6.45, 7) is 0. The number of nitrogens with one attached hydrogen (secondary N) is 2. The first-order valence-electron chi connectivity index (χ1n) is 9.42. The molecule has 0 aliphatic rings. The summed E-state index contributed by atoms with van der Waals surface area (Å²) >= 11 is 2.90. The SMILES string of the molecule is CSCC[C@H](NC(=O)c1ccc(N)cc1)C(=O)Nc1nc(-c2ccc(C#N)cc2)cs1. The predicted molar refractivity (Wildman–Crippen MR) is 126 cm³/mol. The van der Waals surface area contributed by atoms with Crippen LogP contribution in [0.5, 0.6) is 0 Å². The van der Waals surface area contributed by atoms with Gasteiger partial charge in [0.25, 0.3) is 5.91 Å². The maximum atomic E-state index is 12.8. The molecule has 158 valence electrons. The van der Waals surface area contributed by atoms with Gasteiger partial charge < -0.3 is 16.4 Å². The molecule has 7 nitrogen and oxygen atoms in total. The van der Waals surface area contributed by atoms with Crippen LogP contribution < -0.4 is 16.4 Å². The average molecular weight is 452 g/mol. The highest BCUT2D eigenvalue weighted by molar-refractivity contribution is 7.98. The molecule has 9 heteroatoms. The molecule has 0 bridgehead atoms. The van der Waals surface area contributed by atoms with Crippen LogP contribution in [0.1, 0.15) is 22.3 Å². The van der Waals surface area contributed by atoms with Gasteiger partial charge in [0.05, 0.1) is 17.3 Å². The van der Waals surface area contributed by atoms with E-state index in [1.807, 2.05) is 23.8 Å². The highest BCUT2D eigenvalue weighted by atomic mass is 32.2. The summed E-state index contributed by atoms with van der Waals surface area (Å²) in [7, 11) is 0. The highest BCUT2D eigenvalue weighted by Gasteiger charge is 2.22. The summed E-state index contributed by atoms with van der Waals surface area (Å²) in [4.78, 5) is 29.9. The van der Waals surface area contributed by atoms with E-state index in [-0.39, 0.29) is 11.8 Å². The average Bonchev–Trinajstić information content (AvgIpc) is 3.25. The Labute approximate surface area is 188 Å². The smallest absolute Gasteiger partial charge is 0.251 e. The van der Waals surface area contributed by atoms with E-state index < -0.39 is 6.04 Å². The van der Waals surface area contributed by atoms with Gasteiger partial charge in [-0.1, -0.05) is 12.1 Å². The molecule has 3 aromatic rings. The Morgan fingerprint density at radius 3 is 2.55 bits per heavy atom. The molecule has 1 heterocycles. The Morgan fingerprint density at radius 2 is 1.90 bits per heavy atom. The highest BCUT2D eigenvalue weighted by Crippen LogP contribution is 2.25. The number of aromatic nitrogens is 1. The molecule has 0 saturated carbocycles. The van der Waals surface area contributed by atoms with Crippen LogP contribution in [0.3, 0.4) is 0 Å². The van der Waals surface area contributed by atoms with Crippen LogP contribution in [0.2, 0.25) is 0 Å². The zero-order valence-electron chi connectivity index (χ0n) is 16.8. The van der Waals surface area contributed by atoms with Crippen LogP contribution in [0, 0.1) is 11.3 Å².